The van der Waals surface area contributed by atoms with E-state index in [0.29, 0.717) is 24.3 Å². The lowest BCUT2D eigenvalue weighted by Crippen LogP contribution is -2.46. The van der Waals surface area contributed by atoms with Crippen molar-refractivity contribution in [2.45, 2.75) is 39.7 Å². The first-order chi connectivity index (χ1) is 16.2. The smallest absolute Gasteiger partial charge is 0.374 e. The largest absolute Gasteiger partial charge is 0.500 e. The van der Waals surface area contributed by atoms with Crippen LogP contribution in [0.5, 0.6) is 0 Å². The van der Waals surface area contributed by atoms with Gasteiger partial charge in [-0.15, -0.1) is 0 Å². The molecule has 33 heavy (non-hydrogen) atoms. The molecule has 0 fully saturated rings. The summed E-state index contributed by atoms with van der Waals surface area (Å²) in [6.07, 6.45) is 2.00. The van der Waals surface area contributed by atoms with Crippen molar-refractivity contribution in [2.24, 2.45) is 0 Å². The fourth-order valence-corrected chi connectivity index (χ4v) is 7.26. The number of nitrogens with zero attached hydrogens (tertiary/aromatic N) is 1. The van der Waals surface area contributed by atoms with Crippen LogP contribution in [0.4, 0.5) is 17.1 Å². The van der Waals surface area contributed by atoms with Gasteiger partial charge < -0.3 is 13.3 Å². The topological polar surface area (TPSA) is 27.7 Å². The predicted octanol–water partition coefficient (Wildman–Crippen LogP) is 7.49. The lowest BCUT2D eigenvalue weighted by atomic mass is 10.1. The summed E-state index contributed by atoms with van der Waals surface area (Å²) >= 11 is 0. The first-order valence-electron chi connectivity index (χ1n) is 12.2. The Hall–Kier alpha value is -2.28. The maximum atomic E-state index is 6.09. The van der Waals surface area contributed by atoms with Gasteiger partial charge in [-0.2, -0.15) is 0 Å². The average molecular weight is 465 g/mol. The molecule has 0 saturated heterocycles. The fraction of sp³-hybridized carbons (Fsp3) is 0.357. The first-order valence-corrected chi connectivity index (χ1v) is 14.1. The van der Waals surface area contributed by atoms with Crippen molar-refractivity contribution < 1.29 is 13.3 Å². The molecule has 5 heteroatoms. The first kappa shape index (κ1) is 25.3. The van der Waals surface area contributed by atoms with Crippen LogP contribution in [-0.2, 0) is 13.3 Å². The van der Waals surface area contributed by atoms with Crippen molar-refractivity contribution in [1.82, 2.24) is 4.48 Å². The van der Waals surface area contributed by atoms with Gasteiger partial charge in [0.2, 0.25) is 0 Å². The Balaban J connectivity index is 1.92. The zero-order valence-corrected chi connectivity index (χ0v) is 21.3. The lowest BCUT2D eigenvalue weighted by Gasteiger charge is -2.38. The van der Waals surface area contributed by atoms with Crippen LogP contribution in [0.1, 0.15) is 33.6 Å². The van der Waals surface area contributed by atoms with E-state index in [9.17, 15) is 0 Å². The highest BCUT2D eigenvalue weighted by Gasteiger charge is 2.41. The van der Waals surface area contributed by atoms with Crippen molar-refractivity contribution in [3.8, 4) is 0 Å². The molecule has 0 aliphatic heterocycles. The molecular formula is C28H38NO3Si+. The van der Waals surface area contributed by atoms with Crippen LogP contribution in [-0.4, -0.2) is 35.2 Å². The second kappa shape index (κ2) is 12.8. The maximum Gasteiger partial charge on any atom is 0.500 e. The van der Waals surface area contributed by atoms with Crippen molar-refractivity contribution in [1.29, 1.82) is 0 Å². The van der Waals surface area contributed by atoms with Crippen LogP contribution in [0, 0.1) is 0 Å². The molecule has 176 valence electrons. The SMILES string of the molecule is CCO[Si](CCCC[N+](c1ccccc1)(c1ccccc1)c1ccccc1)(OCC)OCC. The minimum absolute atomic E-state index is 0.615. The summed E-state index contributed by atoms with van der Waals surface area (Å²) in [5, 5.41) is 0. The molecule has 0 unspecified atom stereocenters. The second-order valence-corrected chi connectivity index (χ2v) is 10.7. The van der Waals surface area contributed by atoms with Crippen LogP contribution >= 0.6 is 0 Å². The monoisotopic (exact) mass is 464 g/mol. The fourth-order valence-electron chi connectivity index (χ4n) is 4.57. The number of hydrogen-bond donors (Lipinski definition) is 0. The Labute approximate surface area is 200 Å². The van der Waals surface area contributed by atoms with Crippen molar-refractivity contribution in [3.05, 3.63) is 91.0 Å². The van der Waals surface area contributed by atoms with Crippen molar-refractivity contribution in [3.63, 3.8) is 0 Å². The van der Waals surface area contributed by atoms with E-state index in [4.69, 9.17) is 13.3 Å². The maximum absolute atomic E-state index is 6.09. The minimum Gasteiger partial charge on any atom is -0.374 e. The van der Waals surface area contributed by atoms with Crippen LogP contribution in [0.3, 0.4) is 0 Å². The van der Waals surface area contributed by atoms with E-state index in [1.807, 2.05) is 20.8 Å². The van der Waals surface area contributed by atoms with Crippen molar-refractivity contribution >= 4 is 25.9 Å². The summed E-state index contributed by atoms with van der Waals surface area (Å²) in [5.74, 6) is 0. The van der Waals surface area contributed by atoms with E-state index < -0.39 is 8.80 Å². The number of para-hydroxylation sites is 3. The van der Waals surface area contributed by atoms with E-state index in [1.54, 1.807) is 0 Å². The Morgan fingerprint density at radius 2 is 0.909 bits per heavy atom. The average Bonchev–Trinajstić information content (AvgIpc) is 2.86. The van der Waals surface area contributed by atoms with Crippen LogP contribution in [0.15, 0.2) is 91.0 Å². The standard InChI is InChI=1S/C28H38NO3Si/c1-4-30-33(31-5-2,32-6-3)25-17-16-24-29(26-18-10-7-11-19-26,27-20-12-8-13-21-27)28-22-14-9-15-23-28/h7-15,18-23H,4-6,16-17,24-25H2,1-3H3/q+1. The van der Waals surface area contributed by atoms with Gasteiger partial charge in [0.15, 0.2) is 0 Å². The summed E-state index contributed by atoms with van der Waals surface area (Å²) < 4.78 is 18.9. The molecule has 0 aliphatic carbocycles. The van der Waals surface area contributed by atoms with E-state index >= 15 is 0 Å². The molecule has 0 bridgehead atoms. The van der Waals surface area contributed by atoms with Gasteiger partial charge in [0.05, 0.1) is 6.54 Å². The number of quaternary nitrogens is 1. The van der Waals surface area contributed by atoms with Gasteiger partial charge in [-0.25, -0.2) is 4.48 Å². The third-order valence-electron chi connectivity index (χ3n) is 5.91. The Kier molecular flexibility index (Phi) is 9.85. The quantitative estimate of drug-likeness (QED) is 0.141. The highest BCUT2D eigenvalue weighted by molar-refractivity contribution is 6.60. The number of benzene rings is 3. The third kappa shape index (κ3) is 6.19. The second-order valence-electron chi connectivity index (χ2n) is 7.98. The molecule has 3 aromatic carbocycles. The zero-order chi connectivity index (χ0) is 23.4. The molecule has 4 nitrogen and oxygen atoms in total. The highest BCUT2D eigenvalue weighted by Crippen LogP contribution is 2.44. The van der Waals surface area contributed by atoms with E-state index in [1.165, 1.54) is 17.1 Å². The van der Waals surface area contributed by atoms with E-state index in [2.05, 4.69) is 91.0 Å². The summed E-state index contributed by atoms with van der Waals surface area (Å²) in [5.41, 5.74) is 3.79. The van der Waals surface area contributed by atoms with Crippen molar-refractivity contribution in [2.75, 3.05) is 26.4 Å². The molecule has 3 aromatic rings. The molecular weight excluding hydrogens is 426 g/mol. The molecule has 0 heterocycles. The summed E-state index contributed by atoms with van der Waals surface area (Å²) in [7, 11) is -2.64. The van der Waals surface area contributed by atoms with Gasteiger partial charge in [-0.3, -0.25) is 0 Å². The molecule has 3 rings (SSSR count). The lowest BCUT2D eigenvalue weighted by molar-refractivity contribution is 0.0706. The Bertz CT molecular complexity index is 808. The molecule has 0 atom stereocenters. The predicted molar refractivity (Wildman–Crippen MR) is 140 cm³/mol. The van der Waals surface area contributed by atoms with Gasteiger partial charge in [0, 0.05) is 25.9 Å². The molecule has 0 amide bonds. The molecule has 0 aromatic heterocycles. The molecule has 0 spiro atoms. The van der Waals surface area contributed by atoms with E-state index in [-0.39, 0.29) is 0 Å². The number of hydrogen-bond acceptors (Lipinski definition) is 3. The zero-order valence-electron chi connectivity index (χ0n) is 20.3. The normalized spacial score (nSPS) is 12.1. The summed E-state index contributed by atoms with van der Waals surface area (Å²) in [6.45, 7) is 8.83. The minimum atomic E-state index is -2.64. The van der Waals surface area contributed by atoms with Crippen LogP contribution in [0.2, 0.25) is 6.04 Å². The molecule has 0 radical (unpaired) electrons. The van der Waals surface area contributed by atoms with Gasteiger partial charge >= 0.3 is 8.80 Å². The van der Waals surface area contributed by atoms with Gasteiger partial charge in [0.25, 0.3) is 0 Å². The number of unbranched alkanes of at least 4 members (excludes halogenated alkanes) is 1. The summed E-state index contributed by atoms with van der Waals surface area (Å²) in [6, 6.07) is 33.3. The van der Waals surface area contributed by atoms with Gasteiger partial charge in [-0.1, -0.05) is 54.6 Å². The Morgan fingerprint density at radius 3 is 1.24 bits per heavy atom. The van der Waals surface area contributed by atoms with E-state index in [0.717, 1.165) is 25.4 Å². The highest BCUT2D eigenvalue weighted by atomic mass is 28.4. The molecule has 0 saturated carbocycles. The summed E-state index contributed by atoms with van der Waals surface area (Å²) in [4.78, 5) is 0. The number of rotatable bonds is 14. The van der Waals surface area contributed by atoms with Gasteiger partial charge in [0.1, 0.15) is 17.1 Å². The Morgan fingerprint density at radius 1 is 0.545 bits per heavy atom. The third-order valence-corrected chi connectivity index (χ3v) is 9.06. The molecule has 0 aliphatic rings. The van der Waals surface area contributed by atoms with Crippen LogP contribution < -0.4 is 4.48 Å². The van der Waals surface area contributed by atoms with Crippen LogP contribution in [0.25, 0.3) is 0 Å². The van der Waals surface area contributed by atoms with Gasteiger partial charge in [-0.05, 0) is 70.0 Å². The molecule has 0 N–H and O–H groups in total.